The van der Waals surface area contributed by atoms with E-state index < -0.39 is 0 Å². The van der Waals surface area contributed by atoms with Crippen LogP contribution in [0.25, 0.3) is 0 Å². The number of guanidine groups is 2. The molecule has 7 heteroatoms. The van der Waals surface area contributed by atoms with E-state index in [1.54, 1.807) is 0 Å². The summed E-state index contributed by atoms with van der Waals surface area (Å²) >= 11 is 0. The predicted octanol–water partition coefficient (Wildman–Crippen LogP) is 1.15. The lowest BCUT2D eigenvalue weighted by atomic mass is 10.1. The molecule has 7 nitrogen and oxygen atoms in total. The molecule has 1 atom stereocenters. The van der Waals surface area contributed by atoms with Gasteiger partial charge in [-0.3, -0.25) is 10.3 Å². The number of fused-ring (bicyclic) bond motifs is 1. The molecule has 0 aromatic heterocycles. The number of hydrogen-bond donors (Lipinski definition) is 1. The second-order valence-corrected chi connectivity index (χ2v) is 6.34. The van der Waals surface area contributed by atoms with Crippen LogP contribution in [0.5, 0.6) is 11.5 Å². The van der Waals surface area contributed by atoms with E-state index >= 15 is 0 Å². The summed E-state index contributed by atoms with van der Waals surface area (Å²) in [5, 5.41) is 3.33. The number of hydrogen-bond acceptors (Lipinski definition) is 7. The van der Waals surface area contributed by atoms with Gasteiger partial charge in [-0.15, -0.1) is 0 Å². The number of aliphatic imine (C=N–C) groups is 2. The topological polar surface area (TPSA) is 61.7 Å². The van der Waals surface area contributed by atoms with Crippen LogP contribution < -0.4 is 14.8 Å². The molecule has 0 spiro atoms. The zero-order valence-electron chi connectivity index (χ0n) is 14.7. The molecule has 3 rings (SSSR count). The maximum atomic E-state index is 5.44. The van der Waals surface area contributed by atoms with Gasteiger partial charge >= 0.3 is 0 Å². The number of rotatable bonds is 3. The highest BCUT2D eigenvalue weighted by molar-refractivity contribution is 5.98. The van der Waals surface area contributed by atoms with Crippen LogP contribution in [0.4, 0.5) is 0 Å². The summed E-state index contributed by atoms with van der Waals surface area (Å²) in [6, 6.07) is 6.27. The van der Waals surface area contributed by atoms with E-state index in [1.807, 2.05) is 38.2 Å². The van der Waals surface area contributed by atoms with Crippen molar-refractivity contribution >= 4 is 11.9 Å². The number of nitrogens with zero attached hydrogens (tertiary/aromatic N) is 4. The summed E-state index contributed by atoms with van der Waals surface area (Å²) in [6.07, 6.45) is 0.899. The number of ether oxygens (including phenoxy) is 2. The molecule has 2 heterocycles. The Morgan fingerprint density at radius 3 is 2.75 bits per heavy atom. The fraction of sp³-hybridized carbons (Fsp3) is 0.529. The van der Waals surface area contributed by atoms with Gasteiger partial charge in [0.2, 0.25) is 12.8 Å². The van der Waals surface area contributed by atoms with Crippen molar-refractivity contribution in [3.8, 4) is 11.5 Å². The van der Waals surface area contributed by atoms with Crippen LogP contribution in [0, 0.1) is 0 Å². The van der Waals surface area contributed by atoms with Crippen molar-refractivity contribution in [2.45, 2.75) is 19.4 Å². The van der Waals surface area contributed by atoms with Crippen molar-refractivity contribution in [3.05, 3.63) is 23.8 Å². The van der Waals surface area contributed by atoms with Gasteiger partial charge in [0.1, 0.15) is 0 Å². The average Bonchev–Trinajstić information content (AvgIpc) is 2.93. The monoisotopic (exact) mass is 331 g/mol. The molecule has 24 heavy (non-hydrogen) atoms. The molecule has 0 fully saturated rings. The van der Waals surface area contributed by atoms with Crippen molar-refractivity contribution in [2.24, 2.45) is 9.98 Å². The Kier molecular flexibility index (Phi) is 4.78. The molecule has 0 saturated carbocycles. The van der Waals surface area contributed by atoms with Gasteiger partial charge in [-0.25, -0.2) is 4.99 Å². The maximum absolute atomic E-state index is 5.44. The van der Waals surface area contributed by atoms with Gasteiger partial charge in [-0.05, 0) is 31.0 Å². The van der Waals surface area contributed by atoms with Crippen LogP contribution in [0.3, 0.4) is 0 Å². The number of benzene rings is 1. The van der Waals surface area contributed by atoms with Gasteiger partial charge in [-0.2, -0.15) is 0 Å². The van der Waals surface area contributed by atoms with Gasteiger partial charge in [0.15, 0.2) is 17.5 Å². The second kappa shape index (κ2) is 6.98. The molecule has 2 aliphatic heterocycles. The molecule has 1 N–H and O–H groups in total. The van der Waals surface area contributed by atoms with Crippen LogP contribution >= 0.6 is 0 Å². The fourth-order valence-electron chi connectivity index (χ4n) is 2.59. The van der Waals surface area contributed by atoms with E-state index in [-0.39, 0.29) is 6.04 Å². The molecule has 1 aromatic carbocycles. The molecule has 130 valence electrons. The Hall–Kier alpha value is -2.44. The smallest absolute Gasteiger partial charge is 0.231 e. The summed E-state index contributed by atoms with van der Waals surface area (Å²) < 4.78 is 10.8. The summed E-state index contributed by atoms with van der Waals surface area (Å²) in [6.45, 7) is 3.93. The van der Waals surface area contributed by atoms with Crippen molar-refractivity contribution < 1.29 is 9.47 Å². The Morgan fingerprint density at radius 1 is 1.17 bits per heavy atom. The van der Waals surface area contributed by atoms with E-state index in [1.165, 1.54) is 5.56 Å². The Labute approximate surface area is 143 Å². The molecular weight excluding hydrogens is 306 g/mol. The Bertz CT molecular complexity index is 656. The molecule has 2 aliphatic rings. The minimum Gasteiger partial charge on any atom is -0.454 e. The van der Waals surface area contributed by atoms with Crippen molar-refractivity contribution in [1.82, 2.24) is 15.1 Å². The SMILES string of the molecule is CC1CN=C(N(C)C)NC(N(C)CCc2ccc3c(c2)OCO3)=N1. The van der Waals surface area contributed by atoms with Crippen LogP contribution in [0.15, 0.2) is 28.2 Å². The van der Waals surface area contributed by atoms with E-state index in [9.17, 15) is 0 Å². The van der Waals surface area contributed by atoms with Gasteiger partial charge < -0.3 is 19.3 Å². The highest BCUT2D eigenvalue weighted by Crippen LogP contribution is 2.32. The minimum absolute atomic E-state index is 0.165. The lowest BCUT2D eigenvalue weighted by molar-refractivity contribution is 0.174. The molecule has 1 unspecified atom stereocenters. The zero-order valence-corrected chi connectivity index (χ0v) is 14.7. The third-order valence-electron chi connectivity index (χ3n) is 4.03. The van der Waals surface area contributed by atoms with Crippen molar-refractivity contribution in [1.29, 1.82) is 0 Å². The van der Waals surface area contributed by atoms with Crippen molar-refractivity contribution in [2.75, 3.05) is 41.0 Å². The van der Waals surface area contributed by atoms with Crippen LogP contribution in [0.1, 0.15) is 12.5 Å². The molecule has 0 radical (unpaired) electrons. The van der Waals surface area contributed by atoms with E-state index in [4.69, 9.17) is 14.5 Å². The third-order valence-corrected chi connectivity index (χ3v) is 4.03. The van der Waals surface area contributed by atoms with E-state index in [0.29, 0.717) is 13.3 Å². The van der Waals surface area contributed by atoms with Gasteiger partial charge in [-0.1, -0.05) is 6.07 Å². The quantitative estimate of drug-likeness (QED) is 0.900. The summed E-state index contributed by atoms with van der Waals surface area (Å²) in [5.74, 6) is 3.35. The molecule has 0 saturated heterocycles. The lowest BCUT2D eigenvalue weighted by Gasteiger charge is -2.24. The predicted molar refractivity (Wildman–Crippen MR) is 94.9 cm³/mol. The largest absolute Gasteiger partial charge is 0.454 e. The normalized spacial score (nSPS) is 19.1. The first-order valence-corrected chi connectivity index (χ1v) is 8.19. The van der Waals surface area contributed by atoms with Crippen molar-refractivity contribution in [3.63, 3.8) is 0 Å². The molecule has 1 aromatic rings. The number of likely N-dealkylation sites (N-methyl/N-ethyl adjacent to an activating group) is 1. The van der Waals surface area contributed by atoms with Gasteiger partial charge in [0.05, 0.1) is 12.6 Å². The highest BCUT2D eigenvalue weighted by Gasteiger charge is 2.17. The first-order valence-electron chi connectivity index (χ1n) is 8.19. The molecule has 0 amide bonds. The van der Waals surface area contributed by atoms with Gasteiger partial charge in [0, 0.05) is 27.7 Å². The first kappa shape index (κ1) is 16.4. The average molecular weight is 331 g/mol. The van der Waals surface area contributed by atoms with Crippen LogP contribution in [0.2, 0.25) is 0 Å². The van der Waals surface area contributed by atoms with Gasteiger partial charge in [0.25, 0.3) is 0 Å². The number of nitrogens with one attached hydrogen (secondary N) is 1. The minimum atomic E-state index is 0.165. The Balaban J connectivity index is 1.63. The zero-order chi connectivity index (χ0) is 17.1. The third kappa shape index (κ3) is 3.72. The lowest BCUT2D eigenvalue weighted by Crippen LogP contribution is -2.47. The summed E-state index contributed by atoms with van der Waals surface area (Å²) in [4.78, 5) is 13.4. The fourth-order valence-corrected chi connectivity index (χ4v) is 2.59. The highest BCUT2D eigenvalue weighted by atomic mass is 16.7. The summed E-state index contributed by atoms with van der Waals surface area (Å²) in [7, 11) is 6.00. The van der Waals surface area contributed by atoms with E-state index in [2.05, 4.69) is 28.2 Å². The molecule has 0 aliphatic carbocycles. The van der Waals surface area contributed by atoms with Crippen LogP contribution in [-0.4, -0.2) is 68.8 Å². The maximum Gasteiger partial charge on any atom is 0.231 e. The molecule has 0 bridgehead atoms. The standard InChI is InChI=1S/C17H25N5O2/c1-12-10-18-16(21(2)3)20-17(19-12)22(4)8-7-13-5-6-14-15(9-13)24-11-23-14/h5-6,9,12H,7-8,10-11H2,1-4H3,(H,18,19,20). The van der Waals surface area contributed by atoms with Crippen LogP contribution in [-0.2, 0) is 6.42 Å². The summed E-state index contributed by atoms with van der Waals surface area (Å²) in [5.41, 5.74) is 1.22. The Morgan fingerprint density at radius 2 is 1.96 bits per heavy atom. The first-order chi connectivity index (χ1) is 11.5. The van der Waals surface area contributed by atoms with E-state index in [0.717, 1.165) is 36.4 Å². The second-order valence-electron chi connectivity index (χ2n) is 6.34. The molecular formula is C17H25N5O2.